The van der Waals surface area contributed by atoms with Crippen LogP contribution in [0.15, 0.2) is 54.6 Å². The molecule has 0 bridgehead atoms. The minimum atomic E-state index is -0.704. The van der Waals surface area contributed by atoms with Gasteiger partial charge in [0.1, 0.15) is 11.9 Å². The molecule has 3 nitrogen and oxygen atoms in total. The zero-order valence-electron chi connectivity index (χ0n) is 11.3. The Morgan fingerprint density at radius 1 is 1.10 bits per heavy atom. The molecule has 4 rings (SSSR count). The molecule has 1 spiro atoms. The van der Waals surface area contributed by atoms with E-state index < -0.39 is 5.41 Å². The Bertz CT molecular complexity index is 762. The van der Waals surface area contributed by atoms with Crippen molar-refractivity contribution in [2.45, 2.75) is 12.5 Å². The van der Waals surface area contributed by atoms with Crippen molar-refractivity contribution in [2.24, 2.45) is 11.3 Å². The average Bonchev–Trinajstić information content (AvgIpc) is 3.27. The molecule has 1 aliphatic heterocycles. The smallest absolute Gasteiger partial charge is 0.178 e. The van der Waals surface area contributed by atoms with Crippen molar-refractivity contribution in [3.8, 4) is 11.8 Å². The van der Waals surface area contributed by atoms with Gasteiger partial charge in [-0.25, -0.2) is 0 Å². The van der Waals surface area contributed by atoms with Crippen LogP contribution in [0.2, 0.25) is 0 Å². The lowest BCUT2D eigenvalue weighted by Gasteiger charge is -2.33. The van der Waals surface area contributed by atoms with Gasteiger partial charge in [0.2, 0.25) is 0 Å². The molecule has 1 aliphatic carbocycles. The highest BCUT2D eigenvalue weighted by Crippen LogP contribution is 2.65. The highest BCUT2D eigenvalue weighted by molar-refractivity contribution is 6.06. The number of Topliss-reactive ketones (excluding diaryl/α,β-unsaturated/α-hetero) is 1. The summed E-state index contributed by atoms with van der Waals surface area (Å²) in [5, 5.41) is 9.30. The Morgan fingerprint density at radius 2 is 1.81 bits per heavy atom. The first kappa shape index (κ1) is 12.2. The predicted molar refractivity (Wildman–Crippen MR) is 76.7 cm³/mol. The van der Waals surface area contributed by atoms with E-state index in [1.54, 1.807) is 6.07 Å². The van der Waals surface area contributed by atoms with Crippen LogP contribution in [0.1, 0.15) is 28.4 Å². The molecule has 0 aromatic heterocycles. The molecule has 0 amide bonds. The third kappa shape index (κ3) is 1.56. The molecule has 102 valence electrons. The van der Waals surface area contributed by atoms with Crippen LogP contribution in [0.5, 0.6) is 5.75 Å². The Balaban J connectivity index is 1.88. The molecule has 21 heavy (non-hydrogen) atoms. The van der Waals surface area contributed by atoms with E-state index in [0.717, 1.165) is 5.56 Å². The third-order valence-electron chi connectivity index (χ3n) is 4.53. The minimum Gasteiger partial charge on any atom is -0.484 e. The molecule has 2 aromatic rings. The lowest BCUT2D eigenvalue weighted by molar-refractivity contribution is 0.0567. The lowest BCUT2D eigenvalue weighted by atomic mass is 9.81. The summed E-state index contributed by atoms with van der Waals surface area (Å²) in [6, 6.07) is 19.3. The molecule has 1 heterocycles. The molecule has 2 aromatic carbocycles. The number of fused-ring (bicyclic) bond motifs is 1. The second-order valence-electron chi connectivity index (χ2n) is 5.66. The SMILES string of the molecule is N#CC1CC12C(=O)c1ccccc1OC2c1ccccc1. The van der Waals surface area contributed by atoms with E-state index in [4.69, 9.17) is 4.74 Å². The van der Waals surface area contributed by atoms with Crippen molar-refractivity contribution in [3.63, 3.8) is 0 Å². The number of ether oxygens (including phenoxy) is 1. The van der Waals surface area contributed by atoms with Gasteiger partial charge in [-0.05, 0) is 24.1 Å². The monoisotopic (exact) mass is 275 g/mol. The van der Waals surface area contributed by atoms with Crippen molar-refractivity contribution >= 4 is 5.78 Å². The fourth-order valence-corrected chi connectivity index (χ4v) is 3.33. The highest BCUT2D eigenvalue weighted by Gasteiger charge is 2.68. The van der Waals surface area contributed by atoms with Crippen LogP contribution in [0.4, 0.5) is 0 Å². The molecule has 0 N–H and O–H groups in total. The number of carbonyl (C=O) groups excluding carboxylic acids is 1. The molecule has 0 radical (unpaired) electrons. The van der Waals surface area contributed by atoms with Gasteiger partial charge in [-0.3, -0.25) is 4.79 Å². The summed E-state index contributed by atoms with van der Waals surface area (Å²) in [6.07, 6.45) is 0.210. The van der Waals surface area contributed by atoms with Crippen LogP contribution in [-0.2, 0) is 0 Å². The topological polar surface area (TPSA) is 50.1 Å². The number of benzene rings is 2. The second kappa shape index (κ2) is 4.20. The largest absolute Gasteiger partial charge is 0.484 e. The standard InChI is InChI=1S/C18H13NO2/c19-11-13-10-18(13)16(20)14-8-4-5-9-15(14)21-17(18)12-6-2-1-3-7-12/h1-9,13,17H,10H2. The van der Waals surface area contributed by atoms with Gasteiger partial charge in [-0.2, -0.15) is 5.26 Å². The van der Waals surface area contributed by atoms with Gasteiger partial charge in [0.15, 0.2) is 5.78 Å². The van der Waals surface area contributed by atoms with Gasteiger partial charge in [0, 0.05) is 0 Å². The number of carbonyl (C=O) groups is 1. The molecule has 2 aliphatic rings. The van der Waals surface area contributed by atoms with E-state index in [1.165, 1.54) is 0 Å². The number of ketones is 1. The highest BCUT2D eigenvalue weighted by atomic mass is 16.5. The lowest BCUT2D eigenvalue weighted by Crippen LogP contribution is -2.34. The van der Waals surface area contributed by atoms with Crippen LogP contribution in [-0.4, -0.2) is 5.78 Å². The van der Waals surface area contributed by atoms with Crippen LogP contribution in [0.25, 0.3) is 0 Å². The quantitative estimate of drug-likeness (QED) is 0.800. The van der Waals surface area contributed by atoms with Gasteiger partial charge < -0.3 is 4.74 Å². The molecule has 3 unspecified atom stereocenters. The molecular formula is C18H13NO2. The van der Waals surface area contributed by atoms with Gasteiger partial charge in [-0.15, -0.1) is 0 Å². The van der Waals surface area contributed by atoms with Crippen molar-refractivity contribution in [1.29, 1.82) is 5.26 Å². The number of para-hydroxylation sites is 1. The van der Waals surface area contributed by atoms with Crippen molar-refractivity contribution < 1.29 is 9.53 Å². The maximum absolute atomic E-state index is 12.9. The van der Waals surface area contributed by atoms with Gasteiger partial charge in [0.25, 0.3) is 0 Å². The normalized spacial score (nSPS) is 29.4. The summed E-state index contributed by atoms with van der Waals surface area (Å²) >= 11 is 0. The van der Waals surface area contributed by atoms with E-state index in [9.17, 15) is 10.1 Å². The Morgan fingerprint density at radius 3 is 2.52 bits per heavy atom. The van der Waals surface area contributed by atoms with E-state index in [2.05, 4.69) is 6.07 Å². The van der Waals surface area contributed by atoms with Crippen LogP contribution >= 0.6 is 0 Å². The zero-order chi connectivity index (χ0) is 14.4. The fourth-order valence-electron chi connectivity index (χ4n) is 3.33. The van der Waals surface area contributed by atoms with Crippen LogP contribution in [0.3, 0.4) is 0 Å². The maximum atomic E-state index is 12.9. The Labute approximate surface area is 122 Å². The fraction of sp³-hybridized carbons (Fsp3) is 0.222. The first-order chi connectivity index (χ1) is 10.3. The van der Waals surface area contributed by atoms with Crippen LogP contribution in [0, 0.1) is 22.7 Å². The maximum Gasteiger partial charge on any atom is 0.178 e. The van der Waals surface area contributed by atoms with Crippen LogP contribution < -0.4 is 4.74 Å². The molecular weight excluding hydrogens is 262 g/mol. The number of hydrogen-bond donors (Lipinski definition) is 0. The number of nitrogens with zero attached hydrogens (tertiary/aromatic N) is 1. The Hall–Kier alpha value is -2.60. The molecule has 3 atom stereocenters. The summed E-state index contributed by atoms with van der Waals surface area (Å²) in [4.78, 5) is 12.9. The minimum absolute atomic E-state index is 0.0461. The van der Waals surface area contributed by atoms with Gasteiger partial charge in [-0.1, -0.05) is 42.5 Å². The number of hydrogen-bond acceptors (Lipinski definition) is 3. The van der Waals surface area contributed by atoms with E-state index in [0.29, 0.717) is 17.7 Å². The van der Waals surface area contributed by atoms with Gasteiger partial charge in [0.05, 0.1) is 23.0 Å². The van der Waals surface area contributed by atoms with E-state index in [-0.39, 0.29) is 17.8 Å². The average molecular weight is 275 g/mol. The molecule has 0 saturated heterocycles. The summed E-state index contributed by atoms with van der Waals surface area (Å²) in [6.45, 7) is 0. The summed E-state index contributed by atoms with van der Waals surface area (Å²) in [7, 11) is 0. The second-order valence-corrected chi connectivity index (χ2v) is 5.66. The number of rotatable bonds is 1. The molecule has 1 saturated carbocycles. The summed E-state index contributed by atoms with van der Waals surface area (Å²) in [5.74, 6) is 0.402. The summed E-state index contributed by atoms with van der Waals surface area (Å²) in [5.41, 5.74) is 0.852. The van der Waals surface area contributed by atoms with Crippen molar-refractivity contribution in [2.75, 3.05) is 0 Å². The Kier molecular flexibility index (Phi) is 2.43. The predicted octanol–water partition coefficient (Wildman–Crippen LogP) is 3.53. The zero-order valence-corrected chi connectivity index (χ0v) is 11.3. The third-order valence-corrected chi connectivity index (χ3v) is 4.53. The number of nitriles is 1. The van der Waals surface area contributed by atoms with E-state index >= 15 is 0 Å². The first-order valence-electron chi connectivity index (χ1n) is 7.02. The molecule has 1 fully saturated rings. The van der Waals surface area contributed by atoms with E-state index in [1.807, 2.05) is 48.5 Å². The van der Waals surface area contributed by atoms with Crippen molar-refractivity contribution in [3.05, 3.63) is 65.7 Å². The summed E-state index contributed by atoms with van der Waals surface area (Å²) < 4.78 is 6.13. The van der Waals surface area contributed by atoms with Crippen molar-refractivity contribution in [1.82, 2.24) is 0 Å². The van der Waals surface area contributed by atoms with Gasteiger partial charge >= 0.3 is 0 Å². The first-order valence-corrected chi connectivity index (χ1v) is 7.02. The molecule has 3 heteroatoms.